The zero-order valence-corrected chi connectivity index (χ0v) is 15.0. The number of fused-ring (bicyclic) bond motifs is 1. The van der Waals surface area contributed by atoms with E-state index in [1.54, 1.807) is 13.8 Å². The van der Waals surface area contributed by atoms with Crippen molar-refractivity contribution in [3.8, 4) is 0 Å². The van der Waals surface area contributed by atoms with Gasteiger partial charge in [-0.25, -0.2) is 0 Å². The van der Waals surface area contributed by atoms with E-state index in [1.165, 1.54) is 0 Å². The quantitative estimate of drug-likeness (QED) is 0.622. The number of rotatable bonds is 6. The van der Waals surface area contributed by atoms with Crippen LogP contribution in [0.2, 0.25) is 0 Å². The standard InChI is InChI=1S/C20H24N2O4/c1-3-25-19(23)16(20(24)26-4-2)18-17(14-10-6-5-7-11-14)21-15-12-8-9-13-22(15)18/h5-13,15-18,21H,3-4H2,1-2H3. The van der Waals surface area contributed by atoms with Gasteiger partial charge in [-0.3, -0.25) is 14.9 Å². The Morgan fingerprint density at radius 3 is 2.35 bits per heavy atom. The Morgan fingerprint density at radius 1 is 1.08 bits per heavy atom. The second-order valence-electron chi connectivity index (χ2n) is 6.15. The molecule has 2 aliphatic heterocycles. The Bertz CT molecular complexity index is 683. The summed E-state index contributed by atoms with van der Waals surface area (Å²) in [5, 5.41) is 3.51. The lowest BCUT2D eigenvalue weighted by Gasteiger charge is -2.33. The van der Waals surface area contributed by atoms with Crippen LogP contribution in [0.5, 0.6) is 0 Å². The molecule has 3 unspecified atom stereocenters. The van der Waals surface area contributed by atoms with Crippen LogP contribution in [0, 0.1) is 5.92 Å². The summed E-state index contributed by atoms with van der Waals surface area (Å²) in [4.78, 5) is 27.4. The summed E-state index contributed by atoms with van der Waals surface area (Å²) in [5.41, 5.74) is 1.01. The average Bonchev–Trinajstić information content (AvgIpc) is 3.03. The Balaban J connectivity index is 2.01. The van der Waals surface area contributed by atoms with Crippen molar-refractivity contribution >= 4 is 11.9 Å². The summed E-state index contributed by atoms with van der Waals surface area (Å²) in [6.45, 7) is 3.89. The smallest absolute Gasteiger partial charge is 0.322 e. The number of allylic oxidation sites excluding steroid dienone is 2. The third-order valence-electron chi connectivity index (χ3n) is 4.60. The van der Waals surface area contributed by atoms with Crippen molar-refractivity contribution in [1.29, 1.82) is 0 Å². The van der Waals surface area contributed by atoms with E-state index >= 15 is 0 Å². The van der Waals surface area contributed by atoms with Crippen LogP contribution >= 0.6 is 0 Å². The molecular weight excluding hydrogens is 332 g/mol. The van der Waals surface area contributed by atoms with Crippen LogP contribution in [0.15, 0.2) is 54.8 Å². The van der Waals surface area contributed by atoms with Crippen LogP contribution in [-0.4, -0.2) is 42.3 Å². The lowest BCUT2D eigenvalue weighted by molar-refractivity contribution is -0.164. The summed E-state index contributed by atoms with van der Waals surface area (Å²) in [6, 6.07) is 9.15. The first kappa shape index (κ1) is 18.2. The molecule has 1 aromatic rings. The molecule has 0 aromatic heterocycles. The maximum Gasteiger partial charge on any atom is 0.322 e. The number of hydrogen-bond acceptors (Lipinski definition) is 6. The van der Waals surface area contributed by atoms with Gasteiger partial charge in [0.25, 0.3) is 0 Å². The fourth-order valence-corrected chi connectivity index (χ4v) is 3.55. The molecule has 3 atom stereocenters. The highest BCUT2D eigenvalue weighted by Crippen LogP contribution is 2.36. The molecule has 1 saturated heterocycles. The summed E-state index contributed by atoms with van der Waals surface area (Å²) in [6.07, 6.45) is 7.65. The first-order chi connectivity index (χ1) is 12.7. The molecule has 0 spiro atoms. The van der Waals surface area contributed by atoms with Gasteiger partial charge in [0.05, 0.1) is 31.5 Å². The molecule has 26 heavy (non-hydrogen) atoms. The second-order valence-corrected chi connectivity index (χ2v) is 6.15. The van der Waals surface area contributed by atoms with E-state index in [1.807, 2.05) is 59.7 Å². The van der Waals surface area contributed by atoms with Crippen molar-refractivity contribution in [3.05, 3.63) is 60.3 Å². The molecule has 6 heteroatoms. The third-order valence-corrected chi connectivity index (χ3v) is 4.60. The number of nitrogens with one attached hydrogen (secondary N) is 1. The maximum atomic E-state index is 12.7. The van der Waals surface area contributed by atoms with Gasteiger partial charge in [-0.15, -0.1) is 0 Å². The molecule has 0 amide bonds. The Labute approximate surface area is 153 Å². The topological polar surface area (TPSA) is 67.9 Å². The van der Waals surface area contributed by atoms with Gasteiger partial charge in [-0.05, 0) is 31.6 Å². The molecular formula is C20H24N2O4. The first-order valence-electron chi connectivity index (χ1n) is 8.94. The lowest BCUT2D eigenvalue weighted by atomic mass is 9.89. The Hall–Kier alpha value is -2.60. The Morgan fingerprint density at radius 2 is 1.73 bits per heavy atom. The van der Waals surface area contributed by atoms with Gasteiger partial charge in [0.15, 0.2) is 5.92 Å². The maximum absolute atomic E-state index is 12.7. The molecule has 0 bridgehead atoms. The van der Waals surface area contributed by atoms with E-state index in [4.69, 9.17) is 9.47 Å². The molecule has 0 aliphatic carbocycles. The number of ether oxygens (including phenoxy) is 2. The fraction of sp³-hybridized carbons (Fsp3) is 0.400. The van der Waals surface area contributed by atoms with Crippen molar-refractivity contribution in [2.24, 2.45) is 5.92 Å². The number of carbonyl (C=O) groups is 2. The molecule has 2 heterocycles. The third kappa shape index (κ3) is 3.51. The van der Waals surface area contributed by atoms with Gasteiger partial charge in [0, 0.05) is 6.20 Å². The monoisotopic (exact) mass is 356 g/mol. The van der Waals surface area contributed by atoms with Gasteiger partial charge < -0.3 is 14.4 Å². The van der Waals surface area contributed by atoms with Crippen LogP contribution in [0.1, 0.15) is 25.5 Å². The predicted molar refractivity (Wildman–Crippen MR) is 96.8 cm³/mol. The number of benzene rings is 1. The van der Waals surface area contributed by atoms with Crippen LogP contribution < -0.4 is 5.32 Å². The van der Waals surface area contributed by atoms with E-state index < -0.39 is 23.9 Å². The summed E-state index contributed by atoms with van der Waals surface area (Å²) in [5.74, 6) is -2.14. The fourth-order valence-electron chi connectivity index (χ4n) is 3.55. The van der Waals surface area contributed by atoms with E-state index in [0.717, 1.165) is 5.56 Å². The predicted octanol–water partition coefficient (Wildman–Crippen LogP) is 2.15. The molecule has 1 fully saturated rings. The van der Waals surface area contributed by atoms with Crippen LogP contribution in [-0.2, 0) is 19.1 Å². The summed E-state index contributed by atoms with van der Waals surface area (Å²) >= 11 is 0. The lowest BCUT2D eigenvalue weighted by Crippen LogP contribution is -2.47. The highest BCUT2D eigenvalue weighted by molar-refractivity contribution is 5.96. The van der Waals surface area contributed by atoms with Crippen LogP contribution in [0.3, 0.4) is 0 Å². The SMILES string of the molecule is CCOC(=O)C(C(=O)OCC)C1C(c2ccccc2)NC2C=CC=CN21. The van der Waals surface area contributed by atoms with Gasteiger partial charge >= 0.3 is 11.9 Å². The zero-order valence-electron chi connectivity index (χ0n) is 15.0. The number of hydrogen-bond donors (Lipinski definition) is 1. The highest BCUT2D eigenvalue weighted by Gasteiger charge is 2.50. The van der Waals surface area contributed by atoms with E-state index in [0.29, 0.717) is 0 Å². The molecule has 1 N–H and O–H groups in total. The van der Waals surface area contributed by atoms with Crippen molar-refractivity contribution in [2.45, 2.75) is 32.1 Å². The van der Waals surface area contributed by atoms with Crippen molar-refractivity contribution in [1.82, 2.24) is 10.2 Å². The number of esters is 2. The van der Waals surface area contributed by atoms with Crippen molar-refractivity contribution < 1.29 is 19.1 Å². The number of carbonyl (C=O) groups excluding carboxylic acids is 2. The average molecular weight is 356 g/mol. The van der Waals surface area contributed by atoms with Gasteiger partial charge in [-0.1, -0.05) is 36.4 Å². The van der Waals surface area contributed by atoms with Crippen LogP contribution in [0.4, 0.5) is 0 Å². The van der Waals surface area contributed by atoms with Crippen molar-refractivity contribution in [2.75, 3.05) is 13.2 Å². The van der Waals surface area contributed by atoms with Gasteiger partial charge in [0.2, 0.25) is 0 Å². The minimum atomic E-state index is -1.03. The second kappa shape index (κ2) is 8.19. The van der Waals surface area contributed by atoms with E-state index in [2.05, 4.69) is 5.32 Å². The largest absolute Gasteiger partial charge is 0.465 e. The minimum Gasteiger partial charge on any atom is -0.465 e. The molecule has 0 radical (unpaired) electrons. The zero-order chi connectivity index (χ0) is 18.5. The van der Waals surface area contributed by atoms with Crippen LogP contribution in [0.25, 0.3) is 0 Å². The summed E-state index contributed by atoms with van der Waals surface area (Å²) < 4.78 is 10.4. The van der Waals surface area contributed by atoms with Gasteiger partial charge in [0.1, 0.15) is 0 Å². The molecule has 3 rings (SSSR count). The number of nitrogens with zero attached hydrogens (tertiary/aromatic N) is 1. The van der Waals surface area contributed by atoms with Gasteiger partial charge in [-0.2, -0.15) is 0 Å². The highest BCUT2D eigenvalue weighted by atomic mass is 16.6. The molecule has 2 aliphatic rings. The normalized spacial score (nSPS) is 23.8. The minimum absolute atomic E-state index is 0.0958. The van der Waals surface area contributed by atoms with E-state index in [9.17, 15) is 9.59 Å². The molecule has 138 valence electrons. The Kier molecular flexibility index (Phi) is 5.73. The van der Waals surface area contributed by atoms with Crippen molar-refractivity contribution in [3.63, 3.8) is 0 Å². The first-order valence-corrected chi connectivity index (χ1v) is 8.94. The van der Waals surface area contributed by atoms with E-state index in [-0.39, 0.29) is 25.4 Å². The molecule has 1 aromatic carbocycles. The summed E-state index contributed by atoms with van der Waals surface area (Å²) in [7, 11) is 0. The molecule has 0 saturated carbocycles. The molecule has 6 nitrogen and oxygen atoms in total.